The monoisotopic (exact) mass is 338 g/mol. The van der Waals surface area contributed by atoms with Crippen LogP contribution >= 0.6 is 0 Å². The van der Waals surface area contributed by atoms with Gasteiger partial charge in [-0.25, -0.2) is 4.79 Å². The lowest BCUT2D eigenvalue weighted by atomic mass is 10.1. The van der Waals surface area contributed by atoms with E-state index in [1.165, 1.54) is 11.1 Å². The molecule has 0 aromatic heterocycles. The first kappa shape index (κ1) is 17.5. The first-order valence-corrected chi connectivity index (χ1v) is 8.79. The van der Waals surface area contributed by atoms with Crippen LogP contribution < -0.4 is 5.32 Å². The number of amides is 1. The summed E-state index contributed by atoms with van der Waals surface area (Å²) in [6.07, 6.45) is 0.498. The van der Waals surface area contributed by atoms with Crippen LogP contribution in [0.4, 0.5) is 4.79 Å². The zero-order chi connectivity index (χ0) is 17.9. The molecule has 25 heavy (non-hydrogen) atoms. The molecule has 1 atom stereocenters. The summed E-state index contributed by atoms with van der Waals surface area (Å²) in [7, 11) is 0. The molecule has 132 valence electrons. The second-order valence-corrected chi connectivity index (χ2v) is 7.40. The fourth-order valence-corrected chi connectivity index (χ4v) is 3.10. The minimum Gasteiger partial charge on any atom is -0.444 e. The van der Waals surface area contributed by atoms with Gasteiger partial charge in [0.2, 0.25) is 0 Å². The first-order chi connectivity index (χ1) is 11.9. The highest BCUT2D eigenvalue weighted by molar-refractivity contribution is 5.70. The quantitative estimate of drug-likeness (QED) is 0.905. The summed E-state index contributed by atoms with van der Waals surface area (Å²) < 4.78 is 5.59. The van der Waals surface area contributed by atoms with E-state index in [-0.39, 0.29) is 12.3 Å². The third kappa shape index (κ3) is 4.40. The maximum Gasteiger partial charge on any atom is 0.412 e. The average Bonchev–Trinajstić information content (AvgIpc) is 2.93. The van der Waals surface area contributed by atoms with Gasteiger partial charge in [-0.05, 0) is 43.9 Å². The Morgan fingerprint density at radius 1 is 1.12 bits per heavy atom. The fourth-order valence-electron chi connectivity index (χ4n) is 3.10. The van der Waals surface area contributed by atoms with E-state index in [0.717, 1.165) is 18.5 Å². The van der Waals surface area contributed by atoms with Gasteiger partial charge in [-0.15, -0.1) is 0 Å². The van der Waals surface area contributed by atoms with Gasteiger partial charge < -0.3 is 4.74 Å². The molecule has 0 saturated carbocycles. The van der Waals surface area contributed by atoms with E-state index in [9.17, 15) is 4.79 Å². The molecule has 1 N–H and O–H groups in total. The van der Waals surface area contributed by atoms with Crippen LogP contribution in [0.3, 0.4) is 0 Å². The number of carbonyl (C=O) groups excluding carboxylic acids is 1. The van der Waals surface area contributed by atoms with E-state index in [0.29, 0.717) is 6.54 Å². The molecule has 0 radical (unpaired) electrons. The first-order valence-electron chi connectivity index (χ1n) is 8.79. The molecule has 1 aliphatic rings. The maximum absolute atomic E-state index is 12.6. The van der Waals surface area contributed by atoms with Gasteiger partial charge in [-0.2, -0.15) is 0 Å². The van der Waals surface area contributed by atoms with Crippen molar-refractivity contribution in [3.8, 4) is 0 Å². The molecule has 1 unspecified atom stereocenters. The largest absolute Gasteiger partial charge is 0.444 e. The molecule has 0 aliphatic carbocycles. The van der Waals surface area contributed by atoms with E-state index in [1.807, 2.05) is 51.1 Å². The summed E-state index contributed by atoms with van der Waals surface area (Å²) in [4.78, 5) is 14.4. The van der Waals surface area contributed by atoms with E-state index in [2.05, 4.69) is 29.6 Å². The van der Waals surface area contributed by atoms with Crippen molar-refractivity contribution in [2.45, 2.75) is 45.5 Å². The van der Waals surface area contributed by atoms with Crippen molar-refractivity contribution in [1.82, 2.24) is 10.2 Å². The molecule has 4 nitrogen and oxygen atoms in total. The number of hydrogen-bond donors (Lipinski definition) is 1. The van der Waals surface area contributed by atoms with Crippen molar-refractivity contribution < 1.29 is 9.53 Å². The van der Waals surface area contributed by atoms with Gasteiger partial charge in [0.05, 0.1) is 6.54 Å². The van der Waals surface area contributed by atoms with Crippen molar-refractivity contribution in [3.63, 3.8) is 0 Å². The second kappa shape index (κ2) is 7.28. The lowest BCUT2D eigenvalue weighted by molar-refractivity contribution is 0.0140. The SMILES string of the molecule is CC(C)(C)OC(=O)N1Cc2ccccc2C1NCCc1ccccc1. The Morgan fingerprint density at radius 2 is 1.80 bits per heavy atom. The molecule has 0 bridgehead atoms. The van der Waals surface area contributed by atoms with Crippen LogP contribution in [0.1, 0.15) is 43.6 Å². The Morgan fingerprint density at radius 3 is 2.52 bits per heavy atom. The predicted octanol–water partition coefficient (Wildman–Crippen LogP) is 4.27. The second-order valence-electron chi connectivity index (χ2n) is 7.40. The van der Waals surface area contributed by atoms with E-state index in [4.69, 9.17) is 4.74 Å². The zero-order valence-corrected chi connectivity index (χ0v) is 15.2. The van der Waals surface area contributed by atoms with Gasteiger partial charge in [0.25, 0.3) is 0 Å². The standard InChI is InChI=1S/C21H26N2O2/c1-21(2,3)25-20(24)23-15-17-11-7-8-12-18(17)19(23)22-14-13-16-9-5-4-6-10-16/h4-12,19,22H,13-15H2,1-3H3. The summed E-state index contributed by atoms with van der Waals surface area (Å²) in [5.41, 5.74) is 3.11. The number of ether oxygens (including phenoxy) is 1. The molecule has 4 heteroatoms. The van der Waals surface area contributed by atoms with Crippen LogP contribution in [0.5, 0.6) is 0 Å². The Labute approximate surface area is 149 Å². The summed E-state index contributed by atoms with van der Waals surface area (Å²) in [6.45, 7) is 7.06. The van der Waals surface area contributed by atoms with Crippen LogP contribution in [0.15, 0.2) is 54.6 Å². The Balaban J connectivity index is 1.71. The molecule has 1 heterocycles. The average molecular weight is 338 g/mol. The molecule has 0 saturated heterocycles. The van der Waals surface area contributed by atoms with E-state index >= 15 is 0 Å². The van der Waals surface area contributed by atoms with Crippen LogP contribution in [0.25, 0.3) is 0 Å². The fraction of sp³-hybridized carbons (Fsp3) is 0.381. The number of nitrogens with zero attached hydrogens (tertiary/aromatic N) is 1. The molecule has 2 aromatic carbocycles. The van der Waals surface area contributed by atoms with Crippen molar-refractivity contribution >= 4 is 6.09 Å². The van der Waals surface area contributed by atoms with Gasteiger partial charge >= 0.3 is 6.09 Å². The zero-order valence-electron chi connectivity index (χ0n) is 15.2. The summed E-state index contributed by atoms with van der Waals surface area (Å²) in [5, 5.41) is 3.53. The highest BCUT2D eigenvalue weighted by Crippen LogP contribution is 2.32. The van der Waals surface area contributed by atoms with Gasteiger partial charge in [0.1, 0.15) is 11.8 Å². The van der Waals surface area contributed by atoms with Gasteiger partial charge in [0, 0.05) is 6.54 Å². The number of benzene rings is 2. The topological polar surface area (TPSA) is 41.6 Å². The number of fused-ring (bicyclic) bond motifs is 1. The number of nitrogens with one attached hydrogen (secondary N) is 1. The number of carbonyl (C=O) groups is 1. The minimum absolute atomic E-state index is 0.144. The number of rotatable bonds is 4. The summed E-state index contributed by atoms with van der Waals surface area (Å²) in [6, 6.07) is 18.5. The summed E-state index contributed by atoms with van der Waals surface area (Å²) in [5.74, 6) is 0. The van der Waals surface area contributed by atoms with Crippen molar-refractivity contribution in [3.05, 3.63) is 71.3 Å². The van der Waals surface area contributed by atoms with Gasteiger partial charge in [-0.3, -0.25) is 10.2 Å². The molecule has 3 rings (SSSR count). The molecule has 0 spiro atoms. The molecule has 2 aromatic rings. The van der Waals surface area contributed by atoms with Crippen LogP contribution in [0.2, 0.25) is 0 Å². The highest BCUT2D eigenvalue weighted by atomic mass is 16.6. The van der Waals surface area contributed by atoms with Crippen molar-refractivity contribution in [2.75, 3.05) is 6.54 Å². The van der Waals surface area contributed by atoms with Crippen molar-refractivity contribution in [2.24, 2.45) is 0 Å². The van der Waals surface area contributed by atoms with Crippen LogP contribution in [-0.2, 0) is 17.7 Å². The van der Waals surface area contributed by atoms with Crippen molar-refractivity contribution in [1.29, 1.82) is 0 Å². The van der Waals surface area contributed by atoms with Crippen LogP contribution in [0, 0.1) is 0 Å². The highest BCUT2D eigenvalue weighted by Gasteiger charge is 2.35. The minimum atomic E-state index is -0.500. The smallest absolute Gasteiger partial charge is 0.412 e. The lowest BCUT2D eigenvalue weighted by Gasteiger charge is -2.29. The molecule has 1 amide bonds. The third-order valence-corrected chi connectivity index (χ3v) is 4.22. The van der Waals surface area contributed by atoms with Gasteiger partial charge in [-0.1, -0.05) is 54.6 Å². The van der Waals surface area contributed by atoms with E-state index < -0.39 is 5.60 Å². The molecule has 1 aliphatic heterocycles. The van der Waals surface area contributed by atoms with E-state index in [1.54, 1.807) is 4.90 Å². The van der Waals surface area contributed by atoms with Gasteiger partial charge in [0.15, 0.2) is 0 Å². The molecular weight excluding hydrogens is 312 g/mol. The third-order valence-electron chi connectivity index (χ3n) is 4.22. The van der Waals surface area contributed by atoms with Crippen LogP contribution in [-0.4, -0.2) is 23.1 Å². The Kier molecular flexibility index (Phi) is 5.09. The Hall–Kier alpha value is -2.33. The molecule has 0 fully saturated rings. The number of hydrogen-bond acceptors (Lipinski definition) is 3. The normalized spacial score (nSPS) is 16.6. The summed E-state index contributed by atoms with van der Waals surface area (Å²) >= 11 is 0. The maximum atomic E-state index is 12.6. The predicted molar refractivity (Wildman–Crippen MR) is 99.1 cm³/mol. The lowest BCUT2D eigenvalue weighted by Crippen LogP contribution is -2.41. The Bertz CT molecular complexity index is 722. The molecular formula is C21H26N2O2.